The van der Waals surface area contributed by atoms with Gasteiger partial charge in [0.1, 0.15) is 11.3 Å². The van der Waals surface area contributed by atoms with Gasteiger partial charge in [0.2, 0.25) is 0 Å². The van der Waals surface area contributed by atoms with Crippen molar-refractivity contribution in [3.8, 4) is 11.3 Å². The Hall–Kier alpha value is -8.77. The summed E-state index contributed by atoms with van der Waals surface area (Å²) in [6.07, 6.45) is 0. The highest BCUT2D eigenvalue weighted by molar-refractivity contribution is 6.37. The van der Waals surface area contributed by atoms with Crippen molar-refractivity contribution in [3.63, 3.8) is 0 Å². The second-order valence-electron chi connectivity index (χ2n) is 27.1. The fourth-order valence-corrected chi connectivity index (χ4v) is 11.9. The van der Waals surface area contributed by atoms with Gasteiger partial charge in [0.15, 0.2) is 0 Å². The monoisotopic (exact) mass is 1150 g/mol. The van der Waals surface area contributed by atoms with Crippen LogP contribution in [0.5, 0.6) is 0 Å². The molecule has 1 aromatic heterocycles. The molecule has 0 aliphatic heterocycles. The lowest BCUT2D eigenvalue weighted by Gasteiger charge is -2.36. The first-order valence-corrected chi connectivity index (χ1v) is 30.6. The molecule has 5 nitrogen and oxygen atoms in total. The minimum atomic E-state index is -0.0521. The fraction of sp³-hybridized carbons (Fsp3) is 0.225. The quantitative estimate of drug-likeness (QED) is 0.115. The summed E-state index contributed by atoms with van der Waals surface area (Å²) in [7, 11) is 0. The number of nitrogens with zero attached hydrogens (tertiary/aromatic N) is 4. The molecule has 6 heteroatoms. The van der Waals surface area contributed by atoms with E-state index in [1.807, 2.05) is 18.2 Å². The van der Waals surface area contributed by atoms with Gasteiger partial charge in [-0.1, -0.05) is 204 Å². The molecule has 86 heavy (non-hydrogen) atoms. The molecule has 0 N–H and O–H groups in total. The predicted molar refractivity (Wildman–Crippen MR) is 370 cm³/mol. The van der Waals surface area contributed by atoms with Crippen LogP contribution in [0.25, 0.3) is 22.3 Å². The molecule has 434 valence electrons. The molecular formula is C80H81ClN4O. The molecule has 11 aromatic rings. The molecule has 0 saturated carbocycles. The van der Waals surface area contributed by atoms with Crippen LogP contribution in [0.2, 0.25) is 5.02 Å². The van der Waals surface area contributed by atoms with Crippen molar-refractivity contribution in [2.24, 2.45) is 0 Å². The number of halogens is 1. The van der Waals surface area contributed by atoms with E-state index in [0.29, 0.717) is 5.02 Å². The Morgan fingerprint density at radius 2 is 0.651 bits per heavy atom. The summed E-state index contributed by atoms with van der Waals surface area (Å²) in [4.78, 5) is 9.47. The van der Waals surface area contributed by atoms with Gasteiger partial charge in [-0.2, -0.15) is 0 Å². The molecule has 0 atom stereocenters. The average molecular weight is 1150 g/mol. The summed E-state index contributed by atoms with van der Waals surface area (Å²) in [5.41, 5.74) is 20.6. The van der Waals surface area contributed by atoms with Crippen LogP contribution in [0.3, 0.4) is 0 Å². The van der Waals surface area contributed by atoms with Crippen LogP contribution in [-0.2, 0) is 21.7 Å². The van der Waals surface area contributed by atoms with Crippen molar-refractivity contribution < 1.29 is 4.42 Å². The molecule has 0 radical (unpaired) electrons. The van der Waals surface area contributed by atoms with Crippen LogP contribution in [-0.4, -0.2) is 0 Å². The number of benzene rings is 10. The number of para-hydroxylation sites is 3. The topological polar surface area (TPSA) is 26.1 Å². The predicted octanol–water partition coefficient (Wildman–Crippen LogP) is 24.4. The van der Waals surface area contributed by atoms with E-state index < -0.39 is 0 Å². The van der Waals surface area contributed by atoms with Gasteiger partial charge >= 0.3 is 0 Å². The summed E-state index contributed by atoms with van der Waals surface area (Å²) >= 11 is 8.49. The zero-order valence-corrected chi connectivity index (χ0v) is 53.3. The van der Waals surface area contributed by atoms with Gasteiger partial charge < -0.3 is 24.0 Å². The molecule has 0 saturated heterocycles. The van der Waals surface area contributed by atoms with Crippen molar-refractivity contribution in [1.82, 2.24) is 0 Å². The Labute approximate surface area is 516 Å². The van der Waals surface area contributed by atoms with E-state index in [9.17, 15) is 0 Å². The van der Waals surface area contributed by atoms with E-state index >= 15 is 0 Å². The van der Waals surface area contributed by atoms with Gasteiger partial charge in [0, 0.05) is 56.4 Å². The number of aryl methyl sites for hydroxylation is 2. The maximum atomic E-state index is 8.49. The summed E-state index contributed by atoms with van der Waals surface area (Å²) in [6.45, 7) is 31.7. The second kappa shape index (κ2) is 23.2. The number of furan rings is 1. The van der Waals surface area contributed by atoms with Gasteiger partial charge in [-0.05, 0) is 196 Å². The largest absolute Gasteiger partial charge is 0.456 e. The smallest absolute Gasteiger partial charge is 0.135 e. The Morgan fingerprint density at radius 1 is 0.302 bits per heavy atom. The van der Waals surface area contributed by atoms with E-state index in [2.05, 4.69) is 335 Å². The van der Waals surface area contributed by atoms with E-state index in [0.717, 1.165) is 102 Å². The summed E-state index contributed by atoms with van der Waals surface area (Å²) in [5.74, 6) is 0.832. The minimum absolute atomic E-state index is 0.0423. The van der Waals surface area contributed by atoms with Gasteiger partial charge in [0.05, 0.1) is 27.8 Å². The van der Waals surface area contributed by atoms with Crippen molar-refractivity contribution in [3.05, 3.63) is 275 Å². The highest BCUT2D eigenvalue weighted by atomic mass is 35.5. The van der Waals surface area contributed by atoms with Gasteiger partial charge in [-0.15, -0.1) is 0 Å². The first-order chi connectivity index (χ1) is 40.9. The minimum Gasteiger partial charge on any atom is -0.456 e. The molecule has 0 amide bonds. The van der Waals surface area contributed by atoms with Crippen LogP contribution in [0.15, 0.2) is 241 Å². The van der Waals surface area contributed by atoms with E-state index in [1.54, 1.807) is 0 Å². The van der Waals surface area contributed by atoms with E-state index in [-0.39, 0.29) is 21.7 Å². The Balaban J connectivity index is 1.19. The maximum Gasteiger partial charge on any atom is 0.135 e. The SMILES string of the molecule is Cc1cccc(C)c1N(c1cccc(N(c2ccccc2)c2ccc(-c3cc4ccccc4o3)cc2)c1)c1cc(N(c2ccc(C(C)(C)C)cc2)c2ccc(C(C)(C)C)cc2)cc(N(c2ccc(C(C)(C)C)cc2)c2ccc(C(C)(C)C)cc2)c1Cl. The second-order valence-corrected chi connectivity index (χ2v) is 27.5. The molecule has 0 unspecified atom stereocenters. The van der Waals surface area contributed by atoms with Crippen LogP contribution in [0, 0.1) is 13.8 Å². The molecule has 0 spiro atoms. The standard InChI is InChI=1S/C80H81ClN4O/c1-54-22-20-23-55(2)76(54)85(69-28-21-27-68(51-69)82(62-25-16-15-17-26-62)63-40-30-56(31-41-63)74-50-57-24-18-19-29-73(57)86-74)72-53-70(83(64-42-32-58(33-43-64)77(3,4)5)65-44-34-59(35-45-65)78(6,7)8)52-71(75(72)81)84(66-46-36-60(37-47-66)79(9,10)11)67-48-38-61(39-49-67)80(12,13)14/h15-53H,1-14H3. The molecule has 0 aliphatic carbocycles. The zero-order chi connectivity index (χ0) is 60.9. The summed E-state index contributed by atoms with van der Waals surface area (Å²) in [6, 6.07) is 85.9. The Morgan fingerprint density at radius 3 is 1.09 bits per heavy atom. The Bertz CT molecular complexity index is 3990. The molecular weight excluding hydrogens is 1070 g/mol. The van der Waals surface area contributed by atoms with Crippen LogP contribution >= 0.6 is 11.6 Å². The highest BCUT2D eigenvalue weighted by Gasteiger charge is 2.30. The van der Waals surface area contributed by atoms with Crippen LogP contribution in [0.1, 0.15) is 116 Å². The number of fused-ring (bicyclic) bond motifs is 1. The third kappa shape index (κ3) is 12.2. The average Bonchev–Trinajstić information content (AvgIpc) is 1.05. The number of hydrogen-bond acceptors (Lipinski definition) is 5. The summed E-state index contributed by atoms with van der Waals surface area (Å²) < 4.78 is 6.36. The fourth-order valence-electron chi connectivity index (χ4n) is 11.6. The van der Waals surface area contributed by atoms with Gasteiger partial charge in [0.25, 0.3) is 0 Å². The number of hydrogen-bond donors (Lipinski definition) is 0. The maximum absolute atomic E-state index is 8.49. The van der Waals surface area contributed by atoms with Gasteiger partial charge in [-0.25, -0.2) is 0 Å². The first-order valence-electron chi connectivity index (χ1n) is 30.2. The van der Waals surface area contributed by atoms with Crippen molar-refractivity contribution in [2.45, 2.75) is 119 Å². The normalized spacial score (nSPS) is 12.1. The van der Waals surface area contributed by atoms with Crippen molar-refractivity contribution in [2.75, 3.05) is 19.6 Å². The third-order valence-corrected chi connectivity index (χ3v) is 17.0. The van der Waals surface area contributed by atoms with Gasteiger partial charge in [-0.3, -0.25) is 0 Å². The first kappa shape index (κ1) is 59.0. The molecule has 10 aromatic carbocycles. The lowest BCUT2D eigenvalue weighted by molar-refractivity contribution is 0.590. The van der Waals surface area contributed by atoms with E-state index in [1.165, 1.54) is 22.3 Å². The van der Waals surface area contributed by atoms with Crippen molar-refractivity contribution in [1.29, 1.82) is 0 Å². The molecule has 1 heterocycles. The van der Waals surface area contributed by atoms with Crippen molar-refractivity contribution >= 4 is 90.8 Å². The molecule has 0 fully saturated rings. The third-order valence-electron chi connectivity index (χ3n) is 16.6. The lowest BCUT2D eigenvalue weighted by atomic mass is 9.86. The van der Waals surface area contributed by atoms with Crippen LogP contribution in [0.4, 0.5) is 68.2 Å². The zero-order valence-electron chi connectivity index (χ0n) is 52.6. The molecule has 0 bridgehead atoms. The van der Waals surface area contributed by atoms with Crippen LogP contribution < -0.4 is 19.6 Å². The van der Waals surface area contributed by atoms with E-state index in [4.69, 9.17) is 16.0 Å². The Kier molecular flexibility index (Phi) is 15.9. The summed E-state index contributed by atoms with van der Waals surface area (Å²) in [5, 5.41) is 1.67. The lowest BCUT2D eigenvalue weighted by Crippen LogP contribution is -2.19. The molecule has 0 aliphatic rings. The molecule has 11 rings (SSSR count). The number of anilines is 12. The highest BCUT2D eigenvalue weighted by Crippen LogP contribution is 2.53. The number of rotatable bonds is 13.